The van der Waals surface area contributed by atoms with Crippen LogP contribution in [0, 0.1) is 0 Å². The van der Waals surface area contributed by atoms with Crippen LogP contribution in [0.3, 0.4) is 0 Å². The molecule has 0 radical (unpaired) electrons. The molecule has 0 aromatic heterocycles. The third-order valence-electron chi connectivity index (χ3n) is 3.86. The second-order valence-electron chi connectivity index (χ2n) is 5.59. The quantitative estimate of drug-likeness (QED) is 0.712. The molecule has 0 spiro atoms. The van der Waals surface area contributed by atoms with Crippen molar-refractivity contribution >= 4 is 29.9 Å². The summed E-state index contributed by atoms with van der Waals surface area (Å²) in [7, 11) is 0. The number of nitrogens with two attached hydrogens (primary N) is 1. The molecule has 1 aliphatic rings. The Labute approximate surface area is 138 Å². The second-order valence-corrected chi connectivity index (χ2v) is 6.03. The molecule has 0 atom stereocenters. The average Bonchev–Trinajstić information content (AvgIpc) is 3.19. The van der Waals surface area contributed by atoms with E-state index < -0.39 is 0 Å². The highest BCUT2D eigenvalue weighted by Gasteiger charge is 2.45. The number of hydrogen-bond acceptors (Lipinski definition) is 2. The molecule has 21 heavy (non-hydrogen) atoms. The van der Waals surface area contributed by atoms with Crippen LogP contribution in [0.4, 0.5) is 0 Å². The summed E-state index contributed by atoms with van der Waals surface area (Å²) in [4.78, 5) is 12.0. The Morgan fingerprint density at radius 2 is 1.95 bits per heavy atom. The first-order valence-corrected chi connectivity index (χ1v) is 7.81. The van der Waals surface area contributed by atoms with Crippen molar-refractivity contribution in [1.82, 2.24) is 5.32 Å². The van der Waals surface area contributed by atoms with Crippen molar-refractivity contribution in [2.75, 3.05) is 6.54 Å². The van der Waals surface area contributed by atoms with E-state index in [1.165, 1.54) is 0 Å². The van der Waals surface area contributed by atoms with Crippen molar-refractivity contribution in [2.45, 2.75) is 50.5 Å². The molecule has 0 bridgehead atoms. The van der Waals surface area contributed by atoms with Gasteiger partial charge in [-0.2, -0.15) is 0 Å². The lowest BCUT2D eigenvalue weighted by Crippen LogP contribution is -2.34. The first-order valence-electron chi connectivity index (χ1n) is 7.43. The van der Waals surface area contributed by atoms with Crippen LogP contribution in [-0.4, -0.2) is 12.5 Å². The van der Waals surface area contributed by atoms with Gasteiger partial charge >= 0.3 is 0 Å². The molecule has 1 aromatic carbocycles. The van der Waals surface area contributed by atoms with Crippen LogP contribution in [0.1, 0.15) is 50.5 Å². The first kappa shape index (κ1) is 18.3. The van der Waals surface area contributed by atoms with E-state index in [9.17, 15) is 4.79 Å². The van der Waals surface area contributed by atoms with Gasteiger partial charge in [0.2, 0.25) is 5.91 Å². The number of unbranched alkanes of at least 4 members (excludes halogenated alkanes) is 3. The number of carbonyl (C=O) groups is 1. The number of amides is 1. The first-order chi connectivity index (χ1) is 9.66. The van der Waals surface area contributed by atoms with E-state index in [-0.39, 0.29) is 23.9 Å². The van der Waals surface area contributed by atoms with Crippen LogP contribution in [0.5, 0.6) is 0 Å². The third-order valence-corrected chi connectivity index (χ3v) is 4.10. The summed E-state index contributed by atoms with van der Waals surface area (Å²) in [6.07, 6.45) is 6.80. The summed E-state index contributed by atoms with van der Waals surface area (Å²) in [5.41, 5.74) is 6.42. The lowest BCUT2D eigenvalue weighted by Gasteiger charge is -2.18. The zero-order chi connectivity index (χ0) is 14.4. The number of benzene rings is 1. The minimum absolute atomic E-state index is 0. The Hall–Kier alpha value is -0.770. The third kappa shape index (κ3) is 5.50. The SMILES string of the molecule is Cl.NCCCCCCC(=O)NC1(c2cccc(Cl)c2)CC1. The molecule has 0 unspecified atom stereocenters. The summed E-state index contributed by atoms with van der Waals surface area (Å²) in [6.45, 7) is 0.740. The van der Waals surface area contributed by atoms with Gasteiger partial charge in [0.15, 0.2) is 0 Å². The molecule has 0 aliphatic heterocycles. The molecule has 0 heterocycles. The van der Waals surface area contributed by atoms with Crippen molar-refractivity contribution in [2.24, 2.45) is 5.73 Å². The van der Waals surface area contributed by atoms with Gasteiger partial charge < -0.3 is 11.1 Å². The predicted octanol–water partition coefficient (Wildman–Crippen LogP) is 3.78. The molecule has 3 N–H and O–H groups in total. The fraction of sp³-hybridized carbons (Fsp3) is 0.562. The predicted molar refractivity (Wildman–Crippen MR) is 89.9 cm³/mol. The zero-order valence-electron chi connectivity index (χ0n) is 12.2. The van der Waals surface area contributed by atoms with Crippen LogP contribution in [-0.2, 0) is 10.3 Å². The molecule has 1 aliphatic carbocycles. The summed E-state index contributed by atoms with van der Waals surface area (Å²) in [6, 6.07) is 7.80. The van der Waals surface area contributed by atoms with Gasteiger partial charge in [-0.25, -0.2) is 0 Å². The van der Waals surface area contributed by atoms with Crippen molar-refractivity contribution < 1.29 is 4.79 Å². The maximum atomic E-state index is 12.0. The zero-order valence-corrected chi connectivity index (χ0v) is 13.8. The summed E-state index contributed by atoms with van der Waals surface area (Å²) < 4.78 is 0. The van der Waals surface area contributed by atoms with E-state index in [1.807, 2.05) is 24.3 Å². The van der Waals surface area contributed by atoms with E-state index in [0.29, 0.717) is 6.42 Å². The van der Waals surface area contributed by atoms with Crippen molar-refractivity contribution in [3.05, 3.63) is 34.9 Å². The maximum absolute atomic E-state index is 12.0. The molecule has 1 saturated carbocycles. The number of hydrogen-bond donors (Lipinski definition) is 2. The standard InChI is InChI=1S/C16H23ClN2O.ClH/c17-14-7-5-6-13(12-14)16(9-10-16)19-15(20)8-3-1-2-4-11-18;/h5-7,12H,1-4,8-11,18H2,(H,19,20);1H. The van der Waals surface area contributed by atoms with E-state index >= 15 is 0 Å². The molecule has 2 rings (SSSR count). The molecule has 3 nitrogen and oxygen atoms in total. The fourth-order valence-electron chi connectivity index (χ4n) is 2.51. The van der Waals surface area contributed by atoms with E-state index in [0.717, 1.165) is 55.7 Å². The number of carbonyl (C=O) groups excluding carboxylic acids is 1. The van der Waals surface area contributed by atoms with Gasteiger partial charge in [-0.15, -0.1) is 12.4 Å². The fourth-order valence-corrected chi connectivity index (χ4v) is 2.70. The molecule has 0 saturated heterocycles. The lowest BCUT2D eigenvalue weighted by atomic mass is 10.0. The summed E-state index contributed by atoms with van der Waals surface area (Å²) in [5.74, 6) is 0.148. The monoisotopic (exact) mass is 330 g/mol. The van der Waals surface area contributed by atoms with Gasteiger partial charge in [0, 0.05) is 11.4 Å². The minimum Gasteiger partial charge on any atom is -0.347 e. The molecular weight excluding hydrogens is 307 g/mol. The number of nitrogens with one attached hydrogen (secondary N) is 1. The highest BCUT2D eigenvalue weighted by Crippen LogP contribution is 2.46. The Balaban J connectivity index is 0.00000220. The van der Waals surface area contributed by atoms with Gasteiger partial charge in [0.05, 0.1) is 5.54 Å². The van der Waals surface area contributed by atoms with Crippen LogP contribution >= 0.6 is 24.0 Å². The Kier molecular flexibility index (Phi) is 7.50. The summed E-state index contributed by atoms with van der Waals surface area (Å²) >= 11 is 6.02. The maximum Gasteiger partial charge on any atom is 0.220 e. The largest absolute Gasteiger partial charge is 0.347 e. The molecule has 1 aromatic rings. The second kappa shape index (κ2) is 8.62. The van der Waals surface area contributed by atoms with Crippen molar-refractivity contribution in [1.29, 1.82) is 0 Å². The molecule has 5 heteroatoms. The Morgan fingerprint density at radius 3 is 2.57 bits per heavy atom. The average molecular weight is 331 g/mol. The molecule has 1 fully saturated rings. The smallest absolute Gasteiger partial charge is 0.220 e. The van der Waals surface area contributed by atoms with E-state index in [1.54, 1.807) is 0 Å². The van der Waals surface area contributed by atoms with E-state index in [4.69, 9.17) is 17.3 Å². The normalized spacial score (nSPS) is 15.1. The highest BCUT2D eigenvalue weighted by molar-refractivity contribution is 6.30. The van der Waals surface area contributed by atoms with Crippen LogP contribution in [0.25, 0.3) is 0 Å². The van der Waals surface area contributed by atoms with Crippen molar-refractivity contribution in [3.63, 3.8) is 0 Å². The van der Waals surface area contributed by atoms with Gasteiger partial charge in [-0.05, 0) is 49.9 Å². The Morgan fingerprint density at radius 1 is 1.24 bits per heavy atom. The lowest BCUT2D eigenvalue weighted by molar-refractivity contribution is -0.122. The Bertz CT molecular complexity index is 461. The summed E-state index contributed by atoms with van der Waals surface area (Å²) in [5, 5.41) is 3.91. The molecule has 1 amide bonds. The van der Waals surface area contributed by atoms with Crippen LogP contribution < -0.4 is 11.1 Å². The van der Waals surface area contributed by atoms with Gasteiger partial charge in [0.1, 0.15) is 0 Å². The van der Waals surface area contributed by atoms with E-state index in [2.05, 4.69) is 5.32 Å². The van der Waals surface area contributed by atoms with Gasteiger partial charge in [-0.3, -0.25) is 4.79 Å². The molecule has 118 valence electrons. The van der Waals surface area contributed by atoms with Crippen LogP contribution in [0.2, 0.25) is 5.02 Å². The molecular formula is C16H24Cl2N2O. The highest BCUT2D eigenvalue weighted by atomic mass is 35.5. The van der Waals surface area contributed by atoms with Crippen molar-refractivity contribution in [3.8, 4) is 0 Å². The van der Waals surface area contributed by atoms with Gasteiger partial charge in [0.25, 0.3) is 0 Å². The minimum atomic E-state index is -0.154. The number of halogens is 2. The van der Waals surface area contributed by atoms with Crippen LogP contribution in [0.15, 0.2) is 24.3 Å². The van der Waals surface area contributed by atoms with Gasteiger partial charge in [-0.1, -0.05) is 36.6 Å². The number of rotatable bonds is 8. The topological polar surface area (TPSA) is 55.1 Å².